The number of rotatable bonds is 1. The molecule has 1 heterocycles. The Hall–Kier alpha value is -0.830. The highest BCUT2D eigenvalue weighted by Crippen LogP contribution is 2.34. The van der Waals surface area contributed by atoms with E-state index in [2.05, 4.69) is 19.9 Å². The second kappa shape index (κ2) is 3.63. The van der Waals surface area contributed by atoms with Crippen LogP contribution < -0.4 is 0 Å². The minimum atomic E-state index is -2.89. The van der Waals surface area contributed by atoms with Crippen LogP contribution in [0.1, 0.15) is 30.9 Å². The van der Waals surface area contributed by atoms with Crippen molar-refractivity contribution < 1.29 is 8.42 Å². The monoisotopic (exact) mass is 224 g/mol. The molecule has 0 radical (unpaired) electrons. The van der Waals surface area contributed by atoms with Crippen molar-refractivity contribution >= 4 is 9.84 Å². The fraction of sp³-hybridized carbons (Fsp3) is 0.500. The van der Waals surface area contributed by atoms with Crippen molar-refractivity contribution in [2.24, 2.45) is 5.92 Å². The molecule has 82 valence electrons. The molecule has 15 heavy (non-hydrogen) atoms. The van der Waals surface area contributed by atoms with Crippen LogP contribution in [0.25, 0.3) is 0 Å². The van der Waals surface area contributed by atoms with Gasteiger partial charge >= 0.3 is 0 Å². The maximum atomic E-state index is 11.7. The first-order chi connectivity index (χ1) is 6.99. The molecule has 1 aliphatic heterocycles. The van der Waals surface area contributed by atoms with Gasteiger partial charge in [-0.2, -0.15) is 0 Å². The summed E-state index contributed by atoms with van der Waals surface area (Å²) >= 11 is 0. The zero-order chi connectivity index (χ0) is 11.1. The molecule has 0 aliphatic carbocycles. The van der Waals surface area contributed by atoms with Crippen LogP contribution >= 0.6 is 0 Å². The Morgan fingerprint density at radius 2 is 1.93 bits per heavy atom. The Bertz CT molecular complexity index is 460. The Morgan fingerprint density at radius 3 is 2.60 bits per heavy atom. The van der Waals surface area contributed by atoms with Gasteiger partial charge in [-0.25, -0.2) is 8.42 Å². The zero-order valence-corrected chi connectivity index (χ0v) is 9.92. The summed E-state index contributed by atoms with van der Waals surface area (Å²) in [7, 11) is -2.89. The highest BCUT2D eigenvalue weighted by molar-refractivity contribution is 7.90. The van der Waals surface area contributed by atoms with Gasteiger partial charge in [-0.3, -0.25) is 0 Å². The summed E-state index contributed by atoms with van der Waals surface area (Å²) in [6, 6.07) is 7.90. The van der Waals surface area contributed by atoms with E-state index >= 15 is 0 Å². The van der Waals surface area contributed by atoms with E-state index in [4.69, 9.17) is 0 Å². The Kier molecular flexibility index (Phi) is 2.59. The largest absolute Gasteiger partial charge is 0.228 e. The van der Waals surface area contributed by atoms with Crippen LogP contribution in [-0.4, -0.2) is 14.2 Å². The highest BCUT2D eigenvalue weighted by atomic mass is 32.2. The van der Waals surface area contributed by atoms with Crippen molar-refractivity contribution in [2.45, 2.75) is 25.5 Å². The van der Waals surface area contributed by atoms with Gasteiger partial charge in [0.1, 0.15) is 0 Å². The van der Waals surface area contributed by atoms with Crippen molar-refractivity contribution in [3.05, 3.63) is 35.4 Å². The number of sulfone groups is 1. The fourth-order valence-corrected chi connectivity index (χ4v) is 4.20. The average Bonchev–Trinajstić information content (AvgIpc) is 2.14. The lowest BCUT2D eigenvalue weighted by molar-refractivity contribution is 0.510. The van der Waals surface area contributed by atoms with E-state index in [9.17, 15) is 8.42 Å². The molecule has 0 saturated carbocycles. The molecule has 1 aromatic rings. The fourth-order valence-electron chi connectivity index (χ4n) is 2.24. The molecule has 1 atom stereocenters. The standard InChI is InChI=1S/C12H16O2S/c1-9(2)12-8-15(13,14)7-10-5-3-4-6-11(10)12/h3-6,9,12H,7-8H2,1-2H3/t12-/m1/s1. The molecule has 0 N–H and O–H groups in total. The smallest absolute Gasteiger partial charge is 0.155 e. The molecular formula is C12H16O2S. The average molecular weight is 224 g/mol. The molecular weight excluding hydrogens is 208 g/mol. The summed E-state index contributed by atoms with van der Waals surface area (Å²) in [5.41, 5.74) is 2.21. The van der Waals surface area contributed by atoms with Gasteiger partial charge in [-0.15, -0.1) is 0 Å². The van der Waals surface area contributed by atoms with E-state index in [1.165, 1.54) is 5.56 Å². The van der Waals surface area contributed by atoms with E-state index in [0.717, 1.165) is 5.56 Å². The zero-order valence-electron chi connectivity index (χ0n) is 9.10. The second-order valence-corrected chi connectivity index (χ2v) is 6.71. The first-order valence-corrected chi connectivity index (χ1v) is 7.10. The topological polar surface area (TPSA) is 34.1 Å². The molecule has 0 amide bonds. The van der Waals surface area contributed by atoms with Gasteiger partial charge < -0.3 is 0 Å². The van der Waals surface area contributed by atoms with Gasteiger partial charge in [0.15, 0.2) is 9.84 Å². The molecule has 3 heteroatoms. The van der Waals surface area contributed by atoms with E-state index in [0.29, 0.717) is 11.7 Å². The number of hydrogen-bond donors (Lipinski definition) is 0. The van der Waals surface area contributed by atoms with Crippen LogP contribution in [0.5, 0.6) is 0 Å². The van der Waals surface area contributed by atoms with Gasteiger partial charge in [0.05, 0.1) is 11.5 Å². The summed E-state index contributed by atoms with van der Waals surface area (Å²) < 4.78 is 23.5. The minimum Gasteiger partial charge on any atom is -0.228 e. The molecule has 2 rings (SSSR count). The maximum absolute atomic E-state index is 11.7. The normalized spacial score (nSPS) is 23.8. The molecule has 0 bridgehead atoms. The van der Waals surface area contributed by atoms with E-state index in [1.807, 2.05) is 18.2 Å². The molecule has 1 aromatic carbocycles. The number of benzene rings is 1. The van der Waals surface area contributed by atoms with Crippen molar-refractivity contribution in [3.8, 4) is 0 Å². The van der Waals surface area contributed by atoms with Gasteiger partial charge in [0, 0.05) is 5.92 Å². The summed E-state index contributed by atoms with van der Waals surface area (Å²) in [4.78, 5) is 0. The van der Waals surface area contributed by atoms with Crippen LogP contribution in [-0.2, 0) is 15.6 Å². The predicted octanol–water partition coefficient (Wildman–Crippen LogP) is 2.35. The molecule has 0 spiro atoms. The van der Waals surface area contributed by atoms with Crippen LogP contribution in [0.3, 0.4) is 0 Å². The second-order valence-electron chi connectivity index (χ2n) is 4.60. The predicted molar refractivity (Wildman–Crippen MR) is 61.5 cm³/mol. The van der Waals surface area contributed by atoms with E-state index < -0.39 is 9.84 Å². The van der Waals surface area contributed by atoms with Crippen LogP contribution in [0, 0.1) is 5.92 Å². The third-order valence-electron chi connectivity index (χ3n) is 3.07. The Labute approximate surface area is 91.2 Å². The molecule has 0 aromatic heterocycles. The van der Waals surface area contributed by atoms with Gasteiger partial charge in [-0.1, -0.05) is 38.1 Å². The summed E-state index contributed by atoms with van der Waals surface area (Å²) in [5, 5.41) is 0. The quantitative estimate of drug-likeness (QED) is 0.734. The van der Waals surface area contributed by atoms with Crippen molar-refractivity contribution in [3.63, 3.8) is 0 Å². The van der Waals surface area contributed by atoms with Crippen molar-refractivity contribution in [2.75, 3.05) is 5.75 Å². The van der Waals surface area contributed by atoms with Gasteiger partial charge in [0.2, 0.25) is 0 Å². The third-order valence-corrected chi connectivity index (χ3v) is 4.69. The lowest BCUT2D eigenvalue weighted by Gasteiger charge is -2.28. The van der Waals surface area contributed by atoms with Gasteiger partial charge in [0.25, 0.3) is 0 Å². The van der Waals surface area contributed by atoms with Crippen LogP contribution in [0.2, 0.25) is 0 Å². The summed E-state index contributed by atoms with van der Waals surface area (Å²) in [5.74, 6) is 1.06. The number of hydrogen-bond acceptors (Lipinski definition) is 2. The molecule has 0 saturated heterocycles. The Morgan fingerprint density at radius 1 is 1.27 bits per heavy atom. The SMILES string of the molecule is CC(C)[C@H]1CS(=O)(=O)Cc2ccccc21. The van der Waals surface area contributed by atoms with E-state index in [1.54, 1.807) is 0 Å². The third kappa shape index (κ3) is 2.07. The Balaban J connectivity index is 2.52. The lowest BCUT2D eigenvalue weighted by atomic mass is 9.87. The van der Waals surface area contributed by atoms with Crippen LogP contribution in [0.4, 0.5) is 0 Å². The van der Waals surface area contributed by atoms with Crippen molar-refractivity contribution in [1.29, 1.82) is 0 Å². The summed E-state index contributed by atoms with van der Waals surface area (Å²) in [6.07, 6.45) is 0. The summed E-state index contributed by atoms with van der Waals surface area (Å²) in [6.45, 7) is 4.17. The molecule has 0 unspecified atom stereocenters. The van der Waals surface area contributed by atoms with Gasteiger partial charge in [-0.05, 0) is 17.0 Å². The maximum Gasteiger partial charge on any atom is 0.155 e. The number of fused-ring (bicyclic) bond motifs is 1. The highest BCUT2D eigenvalue weighted by Gasteiger charge is 2.30. The van der Waals surface area contributed by atoms with Crippen LogP contribution in [0.15, 0.2) is 24.3 Å². The first-order valence-electron chi connectivity index (χ1n) is 5.28. The molecule has 0 fully saturated rings. The molecule has 2 nitrogen and oxygen atoms in total. The lowest BCUT2D eigenvalue weighted by Crippen LogP contribution is -2.26. The minimum absolute atomic E-state index is 0.167. The molecule has 1 aliphatic rings. The van der Waals surface area contributed by atoms with Crippen molar-refractivity contribution in [1.82, 2.24) is 0 Å². The van der Waals surface area contributed by atoms with E-state index in [-0.39, 0.29) is 11.7 Å². The first kappa shape index (κ1) is 10.7.